The van der Waals surface area contributed by atoms with Crippen molar-refractivity contribution in [2.24, 2.45) is 0 Å². The zero-order chi connectivity index (χ0) is 19.5. The molecule has 0 spiro atoms. The third-order valence-electron chi connectivity index (χ3n) is 4.06. The van der Waals surface area contributed by atoms with E-state index in [1.165, 1.54) is 11.3 Å². The molecule has 142 valence electrons. The van der Waals surface area contributed by atoms with E-state index in [1.54, 1.807) is 36.4 Å². The van der Waals surface area contributed by atoms with Gasteiger partial charge in [-0.2, -0.15) is 0 Å². The van der Waals surface area contributed by atoms with Gasteiger partial charge in [0.1, 0.15) is 5.01 Å². The normalized spacial score (nSPS) is 11.9. The van der Waals surface area contributed by atoms with Gasteiger partial charge in [-0.15, -0.1) is 11.3 Å². The van der Waals surface area contributed by atoms with Gasteiger partial charge in [0, 0.05) is 34.0 Å². The molecule has 8 heteroatoms. The highest BCUT2D eigenvalue weighted by Gasteiger charge is 2.15. The number of nitrogens with one attached hydrogen (secondary N) is 2. The minimum atomic E-state index is -0.334. The first-order chi connectivity index (χ1) is 13.6. The van der Waals surface area contributed by atoms with E-state index in [0.29, 0.717) is 22.7 Å². The van der Waals surface area contributed by atoms with Crippen LogP contribution >= 0.6 is 11.3 Å². The van der Waals surface area contributed by atoms with Crippen LogP contribution in [0.2, 0.25) is 0 Å². The van der Waals surface area contributed by atoms with Crippen molar-refractivity contribution in [3.63, 3.8) is 0 Å². The lowest BCUT2D eigenvalue weighted by Crippen LogP contribution is -2.32. The summed E-state index contributed by atoms with van der Waals surface area (Å²) in [6.07, 6.45) is 0. The number of hydrogen-bond donors (Lipinski definition) is 2. The van der Waals surface area contributed by atoms with E-state index < -0.39 is 0 Å². The van der Waals surface area contributed by atoms with E-state index in [2.05, 4.69) is 15.6 Å². The van der Waals surface area contributed by atoms with Crippen LogP contribution in [0.3, 0.4) is 0 Å². The van der Waals surface area contributed by atoms with Gasteiger partial charge in [0.2, 0.25) is 12.7 Å². The Morgan fingerprint density at radius 2 is 2.00 bits per heavy atom. The smallest absolute Gasteiger partial charge is 0.251 e. The predicted octanol–water partition coefficient (Wildman–Crippen LogP) is 3.22. The molecule has 0 unspecified atom stereocenters. The number of carbonyl (C=O) groups excluding carboxylic acids is 2. The van der Waals surface area contributed by atoms with Crippen molar-refractivity contribution in [1.29, 1.82) is 0 Å². The quantitative estimate of drug-likeness (QED) is 0.692. The van der Waals surface area contributed by atoms with Crippen LogP contribution in [0.4, 0.5) is 5.69 Å². The van der Waals surface area contributed by atoms with E-state index in [0.717, 1.165) is 16.3 Å². The average molecular weight is 395 g/mol. The van der Waals surface area contributed by atoms with E-state index in [-0.39, 0.29) is 25.2 Å². The molecule has 0 saturated carbocycles. The largest absolute Gasteiger partial charge is 0.454 e. The van der Waals surface area contributed by atoms with Crippen molar-refractivity contribution < 1.29 is 19.1 Å². The summed E-state index contributed by atoms with van der Waals surface area (Å²) in [6.45, 7) is 1.95. The molecule has 0 atom stereocenters. The van der Waals surface area contributed by atoms with Crippen LogP contribution in [0.15, 0.2) is 47.8 Å². The molecule has 1 aromatic heterocycles. The van der Waals surface area contributed by atoms with Gasteiger partial charge in [-0.3, -0.25) is 9.59 Å². The summed E-state index contributed by atoms with van der Waals surface area (Å²) in [5, 5.41) is 8.17. The second-order valence-corrected chi connectivity index (χ2v) is 7.03. The zero-order valence-corrected chi connectivity index (χ0v) is 15.8. The van der Waals surface area contributed by atoms with Gasteiger partial charge in [-0.25, -0.2) is 4.98 Å². The highest BCUT2D eigenvalue weighted by molar-refractivity contribution is 7.13. The summed E-state index contributed by atoms with van der Waals surface area (Å²) < 4.78 is 10.5. The predicted molar refractivity (Wildman–Crippen MR) is 106 cm³/mol. The van der Waals surface area contributed by atoms with E-state index in [9.17, 15) is 9.59 Å². The van der Waals surface area contributed by atoms with Crippen LogP contribution in [0.1, 0.15) is 16.1 Å². The maximum atomic E-state index is 12.4. The first kappa shape index (κ1) is 18.0. The number of ether oxygens (including phenoxy) is 2. The zero-order valence-electron chi connectivity index (χ0n) is 15.0. The second-order valence-electron chi connectivity index (χ2n) is 6.17. The summed E-state index contributed by atoms with van der Waals surface area (Å²) in [5.41, 5.74) is 2.86. The van der Waals surface area contributed by atoms with Crippen LogP contribution < -0.4 is 20.1 Å². The monoisotopic (exact) mass is 395 g/mol. The third kappa shape index (κ3) is 3.96. The fraction of sp³-hybridized carbons (Fsp3) is 0.150. The summed E-state index contributed by atoms with van der Waals surface area (Å²) in [7, 11) is 0. The van der Waals surface area contributed by atoms with Crippen molar-refractivity contribution in [1.82, 2.24) is 10.3 Å². The lowest BCUT2D eigenvalue weighted by Gasteiger charge is -2.08. The van der Waals surface area contributed by atoms with Gasteiger partial charge in [0.25, 0.3) is 5.91 Å². The van der Waals surface area contributed by atoms with Crippen LogP contribution in [0, 0.1) is 6.92 Å². The van der Waals surface area contributed by atoms with Crippen molar-refractivity contribution in [3.05, 3.63) is 59.1 Å². The molecule has 28 heavy (non-hydrogen) atoms. The highest BCUT2D eigenvalue weighted by atomic mass is 32.1. The molecule has 2 aromatic carbocycles. The van der Waals surface area contributed by atoms with Gasteiger partial charge in [0.15, 0.2) is 11.5 Å². The average Bonchev–Trinajstić information content (AvgIpc) is 3.34. The molecule has 0 fully saturated rings. The summed E-state index contributed by atoms with van der Waals surface area (Å²) >= 11 is 1.52. The Labute approximate surface area is 165 Å². The Hall–Kier alpha value is -3.39. The molecule has 1 aliphatic rings. The van der Waals surface area contributed by atoms with Gasteiger partial charge < -0.3 is 20.1 Å². The molecule has 4 rings (SSSR count). The number of benzene rings is 2. The van der Waals surface area contributed by atoms with Gasteiger partial charge in [0.05, 0.1) is 6.54 Å². The molecule has 2 N–H and O–H groups in total. The first-order valence-electron chi connectivity index (χ1n) is 8.59. The summed E-state index contributed by atoms with van der Waals surface area (Å²) in [4.78, 5) is 29.0. The number of anilines is 1. The van der Waals surface area contributed by atoms with Crippen molar-refractivity contribution >= 4 is 28.8 Å². The Morgan fingerprint density at radius 1 is 1.14 bits per heavy atom. The standard InChI is InChI=1S/C20H17N3O4S/c1-12-10-28-20(22-12)14-4-2-3-13(7-14)19(25)21-9-18(24)23-15-5-6-16-17(8-15)27-11-26-16/h2-8,10H,9,11H2,1H3,(H,21,25)(H,23,24). The first-order valence-corrected chi connectivity index (χ1v) is 9.47. The van der Waals surface area contributed by atoms with E-state index in [4.69, 9.17) is 9.47 Å². The van der Waals surface area contributed by atoms with Crippen LogP contribution in [-0.4, -0.2) is 30.1 Å². The number of fused-ring (bicyclic) bond motifs is 1. The molecule has 0 saturated heterocycles. The molecular weight excluding hydrogens is 378 g/mol. The topological polar surface area (TPSA) is 89.6 Å². The Morgan fingerprint density at radius 3 is 2.82 bits per heavy atom. The summed E-state index contributed by atoms with van der Waals surface area (Å²) in [6, 6.07) is 12.3. The second kappa shape index (κ2) is 7.69. The van der Waals surface area contributed by atoms with Gasteiger partial charge in [-0.05, 0) is 31.2 Å². The molecule has 2 amide bonds. The fourth-order valence-corrected chi connectivity index (χ4v) is 3.52. The number of carbonyl (C=O) groups is 2. The number of aromatic nitrogens is 1. The number of amides is 2. The number of rotatable bonds is 5. The summed E-state index contributed by atoms with van der Waals surface area (Å²) in [5.74, 6) is 0.563. The molecule has 0 bridgehead atoms. The van der Waals surface area contributed by atoms with E-state index in [1.807, 2.05) is 18.4 Å². The number of aryl methyl sites for hydroxylation is 1. The molecule has 0 radical (unpaired) electrons. The Balaban J connectivity index is 1.35. The van der Waals surface area contributed by atoms with Crippen LogP contribution in [0.5, 0.6) is 11.5 Å². The Kier molecular flexibility index (Phi) is 4.94. The lowest BCUT2D eigenvalue weighted by molar-refractivity contribution is -0.115. The molecule has 1 aliphatic heterocycles. The molecular formula is C20H17N3O4S. The number of thiazole rings is 1. The van der Waals surface area contributed by atoms with Crippen molar-refractivity contribution in [2.75, 3.05) is 18.7 Å². The highest BCUT2D eigenvalue weighted by Crippen LogP contribution is 2.34. The molecule has 2 heterocycles. The lowest BCUT2D eigenvalue weighted by atomic mass is 10.1. The minimum Gasteiger partial charge on any atom is -0.454 e. The number of nitrogens with zero attached hydrogens (tertiary/aromatic N) is 1. The number of hydrogen-bond acceptors (Lipinski definition) is 6. The fourth-order valence-electron chi connectivity index (χ4n) is 2.72. The SMILES string of the molecule is Cc1csc(-c2cccc(C(=O)NCC(=O)Nc3ccc4c(c3)OCO4)c2)n1. The minimum absolute atomic E-state index is 0.145. The molecule has 0 aliphatic carbocycles. The van der Waals surface area contributed by atoms with Crippen LogP contribution in [0.25, 0.3) is 10.6 Å². The van der Waals surface area contributed by atoms with Crippen molar-refractivity contribution in [2.45, 2.75) is 6.92 Å². The third-order valence-corrected chi connectivity index (χ3v) is 5.07. The van der Waals surface area contributed by atoms with Crippen LogP contribution in [-0.2, 0) is 4.79 Å². The maximum Gasteiger partial charge on any atom is 0.251 e. The Bertz CT molecular complexity index is 1050. The molecule has 3 aromatic rings. The van der Waals surface area contributed by atoms with Gasteiger partial charge in [-0.1, -0.05) is 12.1 Å². The maximum absolute atomic E-state index is 12.4. The van der Waals surface area contributed by atoms with Crippen molar-refractivity contribution in [3.8, 4) is 22.1 Å². The van der Waals surface area contributed by atoms with Gasteiger partial charge >= 0.3 is 0 Å². The van der Waals surface area contributed by atoms with E-state index >= 15 is 0 Å². The molecule has 7 nitrogen and oxygen atoms in total.